The van der Waals surface area contributed by atoms with Crippen LogP contribution >= 0.6 is 0 Å². The predicted molar refractivity (Wildman–Crippen MR) is 51.2 cm³/mol. The maximum Gasteiger partial charge on any atom is 0.180 e. The van der Waals surface area contributed by atoms with Crippen molar-refractivity contribution in [3.63, 3.8) is 0 Å². The molecular formula is C10H12FNO2. The van der Waals surface area contributed by atoms with E-state index in [2.05, 4.69) is 5.32 Å². The fraction of sp³-hybridized carbons (Fsp3) is 0.300. The molecule has 1 rings (SSSR count). The summed E-state index contributed by atoms with van der Waals surface area (Å²) in [5.74, 6) is -0.703. The van der Waals surface area contributed by atoms with E-state index in [0.717, 1.165) is 0 Å². The Labute approximate surface area is 81.9 Å². The minimum absolute atomic E-state index is 0.00718. The summed E-state index contributed by atoms with van der Waals surface area (Å²) in [4.78, 5) is 11.5. The number of carbonyl (C=O) groups is 1. The number of nitrogens with one attached hydrogen (secondary N) is 1. The van der Waals surface area contributed by atoms with Crippen LogP contribution in [0.15, 0.2) is 18.2 Å². The number of Topliss-reactive ketones (excluding diaryl/α,β-unsaturated/α-hetero) is 1. The molecule has 0 bridgehead atoms. The molecule has 0 spiro atoms. The lowest BCUT2D eigenvalue weighted by Crippen LogP contribution is -2.19. The van der Waals surface area contributed by atoms with Crippen molar-refractivity contribution in [2.75, 3.05) is 20.7 Å². The van der Waals surface area contributed by atoms with E-state index in [-0.39, 0.29) is 23.6 Å². The molecule has 0 aliphatic rings. The van der Waals surface area contributed by atoms with E-state index in [4.69, 9.17) is 4.74 Å². The van der Waals surface area contributed by atoms with Gasteiger partial charge in [-0.15, -0.1) is 0 Å². The summed E-state index contributed by atoms with van der Waals surface area (Å²) in [7, 11) is 3.00. The Balaban J connectivity index is 3.07. The summed E-state index contributed by atoms with van der Waals surface area (Å²) >= 11 is 0. The molecule has 0 amide bonds. The van der Waals surface area contributed by atoms with Crippen LogP contribution in [0, 0.1) is 5.82 Å². The highest BCUT2D eigenvalue weighted by Gasteiger charge is 2.14. The average Bonchev–Trinajstić information content (AvgIpc) is 2.17. The molecule has 0 aliphatic heterocycles. The van der Waals surface area contributed by atoms with Gasteiger partial charge >= 0.3 is 0 Å². The van der Waals surface area contributed by atoms with Gasteiger partial charge in [-0.05, 0) is 19.2 Å². The molecule has 1 N–H and O–H groups in total. The number of para-hydroxylation sites is 1. The number of ketones is 1. The third-order valence-corrected chi connectivity index (χ3v) is 1.81. The number of rotatable bonds is 4. The molecule has 0 radical (unpaired) electrons. The third-order valence-electron chi connectivity index (χ3n) is 1.81. The zero-order valence-corrected chi connectivity index (χ0v) is 8.13. The largest absolute Gasteiger partial charge is 0.493 e. The third kappa shape index (κ3) is 2.09. The Hall–Kier alpha value is -1.42. The minimum atomic E-state index is -0.519. The number of halogens is 1. The Morgan fingerprint density at radius 1 is 1.57 bits per heavy atom. The van der Waals surface area contributed by atoms with Crippen LogP contribution in [0.3, 0.4) is 0 Å². The highest BCUT2D eigenvalue weighted by atomic mass is 19.1. The van der Waals surface area contributed by atoms with Gasteiger partial charge in [-0.1, -0.05) is 6.07 Å². The van der Waals surface area contributed by atoms with Gasteiger partial charge in [0.2, 0.25) is 0 Å². The number of benzene rings is 1. The number of hydrogen-bond acceptors (Lipinski definition) is 3. The smallest absolute Gasteiger partial charge is 0.180 e. The zero-order chi connectivity index (χ0) is 10.6. The van der Waals surface area contributed by atoms with E-state index < -0.39 is 5.82 Å². The fourth-order valence-corrected chi connectivity index (χ4v) is 1.19. The fourth-order valence-electron chi connectivity index (χ4n) is 1.19. The van der Waals surface area contributed by atoms with Gasteiger partial charge in [0.05, 0.1) is 19.2 Å². The number of ether oxygens (including phenoxy) is 1. The van der Waals surface area contributed by atoms with Gasteiger partial charge in [-0.2, -0.15) is 0 Å². The van der Waals surface area contributed by atoms with Crippen LogP contribution in [0.5, 0.6) is 5.75 Å². The number of carbonyl (C=O) groups excluding carboxylic acids is 1. The highest BCUT2D eigenvalue weighted by Crippen LogP contribution is 2.22. The normalized spacial score (nSPS) is 9.93. The summed E-state index contributed by atoms with van der Waals surface area (Å²) in [6.45, 7) is 0.166. The Morgan fingerprint density at radius 2 is 2.29 bits per heavy atom. The van der Waals surface area contributed by atoms with Crippen LogP contribution in [0.1, 0.15) is 10.4 Å². The monoisotopic (exact) mass is 197 g/mol. The summed E-state index contributed by atoms with van der Waals surface area (Å²) < 4.78 is 18.0. The van der Waals surface area contributed by atoms with Gasteiger partial charge < -0.3 is 10.1 Å². The van der Waals surface area contributed by atoms with Gasteiger partial charge in [-0.25, -0.2) is 4.39 Å². The van der Waals surface area contributed by atoms with Gasteiger partial charge in [0.25, 0.3) is 0 Å². The topological polar surface area (TPSA) is 38.3 Å². The van der Waals surface area contributed by atoms with E-state index >= 15 is 0 Å². The van der Waals surface area contributed by atoms with Crippen molar-refractivity contribution in [2.24, 2.45) is 0 Å². The molecule has 3 nitrogen and oxygen atoms in total. The molecule has 0 saturated carbocycles. The first kappa shape index (κ1) is 10.7. The van der Waals surface area contributed by atoms with Crippen molar-refractivity contribution in [2.45, 2.75) is 0 Å². The van der Waals surface area contributed by atoms with Gasteiger partial charge in [0.1, 0.15) is 0 Å². The molecule has 4 heteroatoms. The Bertz CT molecular complexity index is 339. The van der Waals surface area contributed by atoms with Crippen LogP contribution in [0.2, 0.25) is 0 Å². The summed E-state index contributed by atoms with van der Waals surface area (Å²) in [5, 5.41) is 2.71. The number of likely N-dealkylation sites (N-methyl/N-ethyl adjacent to an activating group) is 1. The second kappa shape index (κ2) is 4.72. The number of methoxy groups -OCH3 is 1. The molecule has 0 fully saturated rings. The maximum absolute atomic E-state index is 13.2. The first-order valence-corrected chi connectivity index (χ1v) is 4.21. The Kier molecular flexibility index (Phi) is 3.59. The van der Waals surface area contributed by atoms with Crippen LogP contribution in [0.4, 0.5) is 4.39 Å². The molecular weight excluding hydrogens is 185 g/mol. The van der Waals surface area contributed by atoms with E-state index in [9.17, 15) is 9.18 Å². The maximum atomic E-state index is 13.2. The highest BCUT2D eigenvalue weighted by molar-refractivity contribution is 6.00. The van der Waals surface area contributed by atoms with Gasteiger partial charge in [-0.3, -0.25) is 4.79 Å². The van der Waals surface area contributed by atoms with Crippen molar-refractivity contribution < 1.29 is 13.9 Å². The molecule has 1 aromatic carbocycles. The van der Waals surface area contributed by atoms with E-state index in [1.54, 1.807) is 13.1 Å². The second-order valence-electron chi connectivity index (χ2n) is 2.77. The molecule has 76 valence electrons. The minimum Gasteiger partial charge on any atom is -0.493 e. The summed E-state index contributed by atoms with van der Waals surface area (Å²) in [5.41, 5.74) is 0.266. The Morgan fingerprint density at radius 3 is 2.86 bits per heavy atom. The molecule has 0 unspecified atom stereocenters. The SMILES string of the molecule is CNCC(=O)c1cccc(F)c1OC. The summed E-state index contributed by atoms with van der Waals surface area (Å²) in [6.07, 6.45) is 0. The second-order valence-corrected chi connectivity index (χ2v) is 2.77. The first-order chi connectivity index (χ1) is 6.70. The van der Waals surface area contributed by atoms with Crippen LogP contribution < -0.4 is 10.1 Å². The zero-order valence-electron chi connectivity index (χ0n) is 8.13. The molecule has 1 aromatic rings. The molecule has 0 heterocycles. The first-order valence-electron chi connectivity index (χ1n) is 4.21. The van der Waals surface area contributed by atoms with E-state index in [1.165, 1.54) is 19.2 Å². The molecule has 0 aromatic heterocycles. The van der Waals surface area contributed by atoms with Crippen molar-refractivity contribution in [3.8, 4) is 5.75 Å². The molecule has 14 heavy (non-hydrogen) atoms. The lowest BCUT2D eigenvalue weighted by molar-refractivity contribution is 0.0990. The van der Waals surface area contributed by atoms with Gasteiger partial charge in [0, 0.05) is 0 Å². The lowest BCUT2D eigenvalue weighted by Gasteiger charge is -2.07. The van der Waals surface area contributed by atoms with Crippen LogP contribution in [-0.4, -0.2) is 26.5 Å². The number of hydrogen-bond donors (Lipinski definition) is 1. The molecule has 0 aliphatic carbocycles. The average molecular weight is 197 g/mol. The van der Waals surface area contributed by atoms with Crippen molar-refractivity contribution in [1.29, 1.82) is 0 Å². The molecule has 0 atom stereocenters. The van der Waals surface area contributed by atoms with Gasteiger partial charge in [0.15, 0.2) is 17.3 Å². The van der Waals surface area contributed by atoms with Crippen molar-refractivity contribution in [3.05, 3.63) is 29.6 Å². The lowest BCUT2D eigenvalue weighted by atomic mass is 10.1. The predicted octanol–water partition coefficient (Wildman–Crippen LogP) is 1.24. The van der Waals surface area contributed by atoms with Crippen LogP contribution in [-0.2, 0) is 0 Å². The van der Waals surface area contributed by atoms with Crippen molar-refractivity contribution >= 4 is 5.78 Å². The standard InChI is InChI=1S/C10H12FNO2/c1-12-6-9(13)7-4-3-5-8(11)10(7)14-2/h3-5,12H,6H2,1-2H3. The quantitative estimate of drug-likeness (QED) is 0.738. The molecule has 0 saturated heterocycles. The van der Waals surface area contributed by atoms with Crippen LogP contribution in [0.25, 0.3) is 0 Å². The summed E-state index contributed by atoms with van der Waals surface area (Å²) in [6, 6.07) is 4.29. The van der Waals surface area contributed by atoms with E-state index in [0.29, 0.717) is 0 Å². The van der Waals surface area contributed by atoms with Crippen molar-refractivity contribution in [1.82, 2.24) is 5.32 Å². The van der Waals surface area contributed by atoms with E-state index in [1.807, 2.05) is 0 Å².